The Morgan fingerprint density at radius 1 is 0.919 bits per heavy atom. The molecule has 5 rings (SSSR count). The van der Waals surface area contributed by atoms with Gasteiger partial charge in [-0.25, -0.2) is 0 Å². The quantitative estimate of drug-likeness (QED) is 0.412. The van der Waals surface area contributed by atoms with Crippen molar-refractivity contribution in [1.29, 1.82) is 0 Å². The number of piperidine rings is 2. The van der Waals surface area contributed by atoms with E-state index >= 15 is 0 Å². The van der Waals surface area contributed by atoms with Gasteiger partial charge in [-0.05, 0) is 57.4 Å². The number of carbonyl (C=O) groups is 3. The molecule has 2 aromatic carbocycles. The second-order valence-corrected chi connectivity index (χ2v) is 11.7. The summed E-state index contributed by atoms with van der Waals surface area (Å²) in [5, 5.41) is 9.16. The molecular formula is C28H34Br2N2O5. The molecule has 0 aliphatic carbocycles. The van der Waals surface area contributed by atoms with Crippen LogP contribution in [-0.2, 0) is 4.79 Å². The number of phenolic OH excluding ortho intramolecular Hbond substituents is 1. The zero-order valence-electron chi connectivity index (χ0n) is 21.6. The van der Waals surface area contributed by atoms with Crippen molar-refractivity contribution >= 4 is 49.2 Å². The predicted molar refractivity (Wildman–Crippen MR) is 151 cm³/mol. The summed E-state index contributed by atoms with van der Waals surface area (Å²) in [6.45, 7) is 5.33. The molecule has 3 heterocycles. The topological polar surface area (TPSA) is 87.2 Å². The lowest BCUT2D eigenvalue weighted by molar-refractivity contribution is -0.121. The molecule has 2 fully saturated rings. The molecule has 37 heavy (non-hydrogen) atoms. The minimum absolute atomic E-state index is 0.0284. The molecular weight excluding hydrogens is 604 g/mol. The Morgan fingerprint density at radius 2 is 1.49 bits per heavy atom. The number of ether oxygens (including phenoxy) is 1. The number of carbonyl (C=O) groups excluding carboxylic acids is 3. The van der Waals surface area contributed by atoms with Crippen molar-refractivity contribution in [3.05, 3.63) is 56.5 Å². The van der Waals surface area contributed by atoms with Gasteiger partial charge in [0.1, 0.15) is 22.9 Å². The molecule has 0 aromatic heterocycles. The number of ketones is 3. The fourth-order valence-electron chi connectivity index (χ4n) is 4.43. The van der Waals surface area contributed by atoms with Gasteiger partial charge in [-0.3, -0.25) is 14.4 Å². The first-order chi connectivity index (χ1) is 17.5. The standard InChI is InChI=1S/C14H16BrNO2.C8H7BrO2.C6H11NO/c1-16-6-4-14(5-7-16)9-12(17)11-8-10(15)2-3-13(11)18-14;1-5(10)7-4-6(9)2-3-8(7)11;1-7-4-2-6(8)3-5-7/h2-3,8H,4-7,9H2,1H3;2-4,11H,1H3;2-5H2,1H3. The zero-order chi connectivity index (χ0) is 27.2. The number of hydrogen-bond acceptors (Lipinski definition) is 7. The minimum atomic E-state index is -0.260. The Balaban J connectivity index is 0.000000171. The van der Waals surface area contributed by atoms with Crippen LogP contribution in [0.1, 0.15) is 59.7 Å². The van der Waals surface area contributed by atoms with Gasteiger partial charge in [0.25, 0.3) is 0 Å². The molecule has 0 radical (unpaired) electrons. The van der Waals surface area contributed by atoms with E-state index in [0.29, 0.717) is 23.3 Å². The highest BCUT2D eigenvalue weighted by Crippen LogP contribution is 2.39. The number of benzene rings is 2. The zero-order valence-corrected chi connectivity index (χ0v) is 24.7. The number of Topliss-reactive ketones (excluding diaryl/α,β-unsaturated/α-hetero) is 3. The summed E-state index contributed by atoms with van der Waals surface area (Å²) >= 11 is 6.60. The van der Waals surface area contributed by atoms with E-state index in [1.165, 1.54) is 13.0 Å². The van der Waals surface area contributed by atoms with Crippen molar-refractivity contribution in [3.63, 3.8) is 0 Å². The molecule has 0 saturated carbocycles. The molecule has 1 N–H and O–H groups in total. The Labute approximate surface area is 235 Å². The fourth-order valence-corrected chi connectivity index (χ4v) is 5.15. The summed E-state index contributed by atoms with van der Waals surface area (Å²) in [5.74, 6) is 1.27. The Hall–Kier alpha value is -2.07. The molecule has 7 nitrogen and oxygen atoms in total. The first-order valence-electron chi connectivity index (χ1n) is 12.4. The van der Waals surface area contributed by atoms with E-state index < -0.39 is 0 Å². The van der Waals surface area contributed by atoms with E-state index in [1.54, 1.807) is 12.1 Å². The van der Waals surface area contributed by atoms with Crippen LogP contribution >= 0.6 is 31.9 Å². The lowest BCUT2D eigenvalue weighted by atomic mass is 9.82. The van der Waals surface area contributed by atoms with E-state index in [0.717, 1.165) is 66.6 Å². The van der Waals surface area contributed by atoms with Crippen LogP contribution < -0.4 is 4.74 Å². The van der Waals surface area contributed by atoms with Crippen LogP contribution in [-0.4, -0.2) is 78.1 Å². The van der Waals surface area contributed by atoms with Gasteiger partial charge in [0.15, 0.2) is 11.6 Å². The van der Waals surface area contributed by atoms with Gasteiger partial charge in [0, 0.05) is 60.8 Å². The van der Waals surface area contributed by atoms with Gasteiger partial charge in [-0.15, -0.1) is 0 Å². The number of fused-ring (bicyclic) bond motifs is 1. The van der Waals surface area contributed by atoms with Crippen LogP contribution in [0.5, 0.6) is 11.5 Å². The summed E-state index contributed by atoms with van der Waals surface area (Å²) in [6, 6.07) is 10.5. The number of hydrogen-bond donors (Lipinski definition) is 1. The molecule has 3 aliphatic rings. The number of phenols is 1. The number of nitrogens with zero attached hydrogens (tertiary/aromatic N) is 2. The molecule has 3 aliphatic heterocycles. The molecule has 1 spiro atoms. The van der Waals surface area contributed by atoms with Crippen molar-refractivity contribution < 1.29 is 24.2 Å². The maximum atomic E-state index is 12.3. The van der Waals surface area contributed by atoms with Crippen LogP contribution in [0.25, 0.3) is 0 Å². The van der Waals surface area contributed by atoms with Crippen molar-refractivity contribution in [1.82, 2.24) is 9.80 Å². The summed E-state index contributed by atoms with van der Waals surface area (Å²) in [4.78, 5) is 38.2. The minimum Gasteiger partial charge on any atom is -0.507 e. The first kappa shape index (κ1) is 29.5. The molecule has 9 heteroatoms. The SMILES string of the molecule is CC(=O)c1cc(Br)ccc1O.CN1CCC(=O)CC1.CN1CCC2(CC1)CC(=O)c1cc(Br)ccc1O2. The number of rotatable bonds is 1. The van der Waals surface area contributed by atoms with Crippen LogP contribution in [0.15, 0.2) is 45.3 Å². The smallest absolute Gasteiger partial charge is 0.170 e. The van der Waals surface area contributed by atoms with E-state index in [2.05, 4.69) is 48.7 Å². The summed E-state index contributed by atoms with van der Waals surface area (Å²) in [5.41, 5.74) is 0.804. The Kier molecular flexibility index (Phi) is 10.5. The normalized spacial score (nSPS) is 19.1. The average molecular weight is 638 g/mol. The van der Waals surface area contributed by atoms with Crippen molar-refractivity contribution in [2.45, 2.75) is 44.6 Å². The highest BCUT2D eigenvalue weighted by molar-refractivity contribution is 9.10. The second-order valence-electron chi connectivity index (χ2n) is 9.89. The van der Waals surface area contributed by atoms with E-state index in [9.17, 15) is 14.4 Å². The molecule has 2 aromatic rings. The Bertz CT molecular complexity index is 1140. The first-order valence-corrected chi connectivity index (χ1v) is 14.0. The third-order valence-corrected chi connectivity index (χ3v) is 7.82. The molecule has 2 saturated heterocycles. The summed E-state index contributed by atoms with van der Waals surface area (Å²) in [6.07, 6.45) is 3.91. The van der Waals surface area contributed by atoms with Crippen LogP contribution in [0.4, 0.5) is 0 Å². The molecule has 0 atom stereocenters. The van der Waals surface area contributed by atoms with Gasteiger partial charge in [0.2, 0.25) is 0 Å². The highest BCUT2D eigenvalue weighted by atomic mass is 79.9. The van der Waals surface area contributed by atoms with Crippen LogP contribution in [0.3, 0.4) is 0 Å². The van der Waals surface area contributed by atoms with E-state index in [4.69, 9.17) is 9.84 Å². The third-order valence-electron chi connectivity index (χ3n) is 6.83. The predicted octanol–water partition coefficient (Wildman–Crippen LogP) is 5.52. The van der Waals surface area contributed by atoms with E-state index in [-0.39, 0.29) is 22.9 Å². The molecule has 0 bridgehead atoms. The van der Waals surface area contributed by atoms with Gasteiger partial charge in [0.05, 0.1) is 17.5 Å². The maximum Gasteiger partial charge on any atom is 0.170 e. The highest BCUT2D eigenvalue weighted by Gasteiger charge is 2.42. The number of aromatic hydroxyl groups is 1. The van der Waals surface area contributed by atoms with Gasteiger partial charge in [-0.1, -0.05) is 31.9 Å². The molecule has 200 valence electrons. The number of likely N-dealkylation sites (tertiary alicyclic amines) is 2. The molecule has 0 amide bonds. The summed E-state index contributed by atoms with van der Waals surface area (Å²) in [7, 11) is 4.16. The van der Waals surface area contributed by atoms with Crippen molar-refractivity contribution in [3.8, 4) is 11.5 Å². The average Bonchev–Trinajstić information content (AvgIpc) is 2.86. The molecule has 0 unspecified atom stereocenters. The van der Waals surface area contributed by atoms with Gasteiger partial charge >= 0.3 is 0 Å². The second kappa shape index (κ2) is 13.1. The Morgan fingerprint density at radius 3 is 2.05 bits per heavy atom. The van der Waals surface area contributed by atoms with Crippen molar-refractivity contribution in [2.75, 3.05) is 40.3 Å². The van der Waals surface area contributed by atoms with E-state index in [1.807, 2.05) is 25.2 Å². The largest absolute Gasteiger partial charge is 0.507 e. The number of halogens is 2. The van der Waals surface area contributed by atoms with Gasteiger partial charge < -0.3 is 19.6 Å². The van der Waals surface area contributed by atoms with Crippen LogP contribution in [0, 0.1) is 0 Å². The monoisotopic (exact) mass is 636 g/mol. The van der Waals surface area contributed by atoms with Crippen LogP contribution in [0.2, 0.25) is 0 Å². The maximum absolute atomic E-state index is 12.3. The third kappa shape index (κ3) is 8.46. The lowest BCUT2D eigenvalue weighted by Crippen LogP contribution is -2.50. The van der Waals surface area contributed by atoms with Gasteiger partial charge in [-0.2, -0.15) is 0 Å². The fraction of sp³-hybridized carbons (Fsp3) is 0.464. The van der Waals surface area contributed by atoms with Crippen molar-refractivity contribution in [2.24, 2.45) is 0 Å². The summed E-state index contributed by atoms with van der Waals surface area (Å²) < 4.78 is 7.89. The lowest BCUT2D eigenvalue weighted by Gasteiger charge is -2.43.